The largest absolute Gasteiger partial charge is 0.491 e. The number of alkyl halides is 3. The lowest BCUT2D eigenvalue weighted by Gasteiger charge is -2.24. The maximum atomic E-state index is 14.8. The second-order valence-electron chi connectivity index (χ2n) is 9.24. The molecule has 0 aliphatic rings. The topological polar surface area (TPSA) is 87.7 Å². The summed E-state index contributed by atoms with van der Waals surface area (Å²) in [6.45, 7) is 3.70. The molecule has 3 aromatic rings. The predicted octanol–water partition coefficient (Wildman–Crippen LogP) is 6.51. The maximum Gasteiger partial charge on any atom is 0.416 e. The van der Waals surface area contributed by atoms with Crippen molar-refractivity contribution in [1.82, 2.24) is 5.32 Å². The van der Waals surface area contributed by atoms with Gasteiger partial charge in [0.15, 0.2) is 0 Å². The number of rotatable bonds is 11. The number of benzene rings is 3. The van der Waals surface area contributed by atoms with Gasteiger partial charge in [0.2, 0.25) is 0 Å². The Morgan fingerprint density at radius 2 is 1.55 bits per heavy atom. The summed E-state index contributed by atoms with van der Waals surface area (Å²) in [5.41, 5.74) is -1.81. The zero-order valence-electron chi connectivity index (χ0n) is 21.4. The molecular weight excluding hydrogens is 542 g/mol. The van der Waals surface area contributed by atoms with Crippen LogP contribution in [0.3, 0.4) is 0 Å². The van der Waals surface area contributed by atoms with Gasteiger partial charge in [-0.1, -0.05) is 19.9 Å². The Labute approximate surface area is 226 Å². The van der Waals surface area contributed by atoms with Crippen molar-refractivity contribution in [3.63, 3.8) is 0 Å². The van der Waals surface area contributed by atoms with E-state index in [-0.39, 0.29) is 43.3 Å². The molecule has 214 valence electrons. The molecule has 1 unspecified atom stereocenters. The van der Waals surface area contributed by atoms with Gasteiger partial charge in [-0.05, 0) is 42.3 Å². The Hall–Kier alpha value is -4.22. The number of ether oxygens (including phenoxy) is 1. The summed E-state index contributed by atoms with van der Waals surface area (Å²) in [7, 11) is 0. The highest BCUT2D eigenvalue weighted by atomic mass is 19.4. The van der Waals surface area contributed by atoms with Gasteiger partial charge in [0.25, 0.3) is 5.91 Å². The summed E-state index contributed by atoms with van der Waals surface area (Å²) in [5, 5.41) is 14.3. The van der Waals surface area contributed by atoms with Gasteiger partial charge in [-0.2, -0.15) is 13.2 Å². The second kappa shape index (κ2) is 12.8. The van der Waals surface area contributed by atoms with Crippen LogP contribution in [-0.2, 0) is 11.0 Å². The van der Waals surface area contributed by atoms with Gasteiger partial charge in [-0.3, -0.25) is 9.59 Å². The molecule has 0 aromatic heterocycles. The lowest BCUT2D eigenvalue weighted by molar-refractivity contribution is -0.138. The van der Waals surface area contributed by atoms with E-state index in [4.69, 9.17) is 9.84 Å². The highest BCUT2D eigenvalue weighted by Crippen LogP contribution is 2.35. The van der Waals surface area contributed by atoms with Gasteiger partial charge in [0.1, 0.15) is 29.8 Å². The predicted molar refractivity (Wildman–Crippen MR) is 136 cm³/mol. The van der Waals surface area contributed by atoms with E-state index >= 15 is 0 Å². The Morgan fingerprint density at radius 1 is 0.925 bits per heavy atom. The molecule has 0 fully saturated rings. The smallest absolute Gasteiger partial charge is 0.416 e. The van der Waals surface area contributed by atoms with E-state index in [1.165, 1.54) is 0 Å². The molecule has 0 aliphatic carbocycles. The average Bonchev–Trinajstić information content (AvgIpc) is 2.86. The first-order chi connectivity index (χ1) is 18.8. The molecular formula is C28H26F6N2O4. The van der Waals surface area contributed by atoms with Gasteiger partial charge in [-0.15, -0.1) is 0 Å². The van der Waals surface area contributed by atoms with E-state index in [1.54, 1.807) is 24.3 Å². The normalized spacial score (nSPS) is 12.2. The van der Waals surface area contributed by atoms with E-state index in [1.807, 2.05) is 13.8 Å². The summed E-state index contributed by atoms with van der Waals surface area (Å²) in [5.74, 6) is -5.52. The fourth-order valence-corrected chi connectivity index (χ4v) is 3.69. The highest BCUT2D eigenvalue weighted by Gasteiger charge is 2.32. The van der Waals surface area contributed by atoms with Crippen LogP contribution in [0.25, 0.3) is 11.1 Å². The molecule has 0 bridgehead atoms. The van der Waals surface area contributed by atoms with Crippen LogP contribution in [0.2, 0.25) is 0 Å². The Kier molecular flexibility index (Phi) is 9.67. The zero-order chi connectivity index (χ0) is 29.6. The van der Waals surface area contributed by atoms with Crippen molar-refractivity contribution >= 4 is 17.6 Å². The first kappa shape index (κ1) is 30.3. The van der Waals surface area contributed by atoms with E-state index in [2.05, 4.69) is 10.6 Å². The van der Waals surface area contributed by atoms with Crippen LogP contribution in [0.15, 0.2) is 54.6 Å². The fraction of sp³-hybridized carbons (Fsp3) is 0.286. The molecule has 3 aromatic carbocycles. The third-order valence-corrected chi connectivity index (χ3v) is 5.94. The van der Waals surface area contributed by atoms with Gasteiger partial charge in [-0.25, -0.2) is 13.2 Å². The standard InChI is InChI=1S/C28H26F6N2O4/c1-15(2)24(36-18-6-3-16(4-7-18)27(39)35-10-9-25(37)38)14-40-19-12-22(30)26(23(31)13-19)20-8-5-17(11-21(20)29)28(32,33)34/h3-8,11-13,15,24,36H,9-10,14H2,1-2H3,(H,35,39)(H,37,38). The molecule has 0 saturated heterocycles. The Morgan fingerprint density at radius 3 is 2.08 bits per heavy atom. The number of hydrogen-bond acceptors (Lipinski definition) is 4. The quantitative estimate of drug-likeness (QED) is 0.230. The molecule has 1 atom stereocenters. The number of halogens is 6. The van der Waals surface area contributed by atoms with Crippen molar-refractivity contribution in [3.8, 4) is 16.9 Å². The van der Waals surface area contributed by atoms with Gasteiger partial charge < -0.3 is 20.5 Å². The average molecular weight is 569 g/mol. The van der Waals surface area contributed by atoms with E-state index in [0.29, 0.717) is 23.4 Å². The van der Waals surface area contributed by atoms with Crippen molar-refractivity contribution in [1.29, 1.82) is 0 Å². The molecule has 6 nitrogen and oxygen atoms in total. The third kappa shape index (κ3) is 7.90. The van der Waals surface area contributed by atoms with E-state index in [9.17, 15) is 35.9 Å². The maximum absolute atomic E-state index is 14.8. The van der Waals surface area contributed by atoms with Crippen molar-refractivity contribution in [2.75, 3.05) is 18.5 Å². The minimum absolute atomic E-state index is 0.0115. The molecule has 0 spiro atoms. The molecule has 3 N–H and O–H groups in total. The minimum atomic E-state index is -4.81. The first-order valence-electron chi connectivity index (χ1n) is 12.1. The van der Waals surface area contributed by atoms with E-state index in [0.717, 1.165) is 12.1 Å². The molecule has 0 radical (unpaired) electrons. The van der Waals surface area contributed by atoms with Crippen molar-refractivity contribution < 1.29 is 45.8 Å². The van der Waals surface area contributed by atoms with E-state index < -0.39 is 52.2 Å². The van der Waals surface area contributed by atoms with Gasteiger partial charge >= 0.3 is 12.1 Å². The monoisotopic (exact) mass is 568 g/mol. The van der Waals surface area contributed by atoms with Crippen LogP contribution >= 0.6 is 0 Å². The Bertz CT molecular complexity index is 1340. The van der Waals surface area contributed by atoms with Gasteiger partial charge in [0.05, 0.1) is 23.6 Å². The fourth-order valence-electron chi connectivity index (χ4n) is 3.69. The zero-order valence-corrected chi connectivity index (χ0v) is 21.4. The summed E-state index contributed by atoms with van der Waals surface area (Å²) in [6.07, 6.45) is -5.01. The Balaban J connectivity index is 1.68. The van der Waals surface area contributed by atoms with Crippen LogP contribution in [0.4, 0.5) is 32.0 Å². The molecule has 3 rings (SSSR count). The molecule has 0 saturated carbocycles. The number of carbonyl (C=O) groups excluding carboxylic acids is 1. The number of amides is 1. The van der Waals surface area contributed by atoms with Crippen LogP contribution in [0, 0.1) is 23.4 Å². The minimum Gasteiger partial charge on any atom is -0.491 e. The highest BCUT2D eigenvalue weighted by molar-refractivity contribution is 5.94. The van der Waals surface area contributed by atoms with Crippen LogP contribution in [0.5, 0.6) is 5.75 Å². The summed E-state index contributed by atoms with van der Waals surface area (Å²) < 4.78 is 87.8. The molecule has 0 aliphatic heterocycles. The lowest BCUT2D eigenvalue weighted by atomic mass is 10.0. The van der Waals surface area contributed by atoms with Crippen molar-refractivity contribution in [2.45, 2.75) is 32.5 Å². The first-order valence-corrected chi connectivity index (χ1v) is 12.1. The van der Waals surface area contributed by atoms with Crippen LogP contribution in [0.1, 0.15) is 36.2 Å². The second-order valence-corrected chi connectivity index (χ2v) is 9.24. The number of anilines is 1. The number of nitrogens with one attached hydrogen (secondary N) is 2. The number of aliphatic carboxylic acids is 1. The van der Waals surface area contributed by atoms with Crippen molar-refractivity contribution in [2.24, 2.45) is 5.92 Å². The summed E-state index contributed by atoms with van der Waals surface area (Å²) >= 11 is 0. The molecule has 0 heterocycles. The summed E-state index contributed by atoms with van der Waals surface area (Å²) in [6, 6.07) is 9.03. The SMILES string of the molecule is CC(C)C(COc1cc(F)c(-c2ccc(C(F)(F)F)cc2F)c(F)c1)Nc1ccc(C(=O)NCCC(=O)O)cc1. The number of carbonyl (C=O) groups is 2. The summed E-state index contributed by atoms with van der Waals surface area (Å²) in [4.78, 5) is 22.7. The third-order valence-electron chi connectivity index (χ3n) is 5.94. The number of hydrogen-bond donors (Lipinski definition) is 3. The molecule has 40 heavy (non-hydrogen) atoms. The van der Waals surface area contributed by atoms with Crippen LogP contribution < -0.4 is 15.4 Å². The lowest BCUT2D eigenvalue weighted by Crippen LogP contribution is -2.32. The van der Waals surface area contributed by atoms with Crippen LogP contribution in [-0.4, -0.2) is 36.2 Å². The van der Waals surface area contributed by atoms with Crippen molar-refractivity contribution in [3.05, 3.63) is 83.2 Å². The number of carboxylic acid groups (broad SMARTS) is 1. The van der Waals surface area contributed by atoms with Gasteiger partial charge in [0, 0.05) is 35.5 Å². The molecule has 1 amide bonds. The molecule has 12 heteroatoms. The number of carboxylic acids is 1.